The predicted octanol–water partition coefficient (Wildman–Crippen LogP) is 3.67. The molecular formula is C17H26N2O. The number of benzene rings is 1. The third-order valence-corrected chi connectivity index (χ3v) is 3.99. The van der Waals surface area contributed by atoms with Crippen molar-refractivity contribution in [3.63, 3.8) is 0 Å². The summed E-state index contributed by atoms with van der Waals surface area (Å²) in [5.74, 6) is 0.553. The molecule has 0 aromatic heterocycles. The molecule has 1 fully saturated rings. The van der Waals surface area contributed by atoms with Gasteiger partial charge in [-0.05, 0) is 43.4 Å². The van der Waals surface area contributed by atoms with Crippen LogP contribution in [0.25, 0.3) is 0 Å². The van der Waals surface area contributed by atoms with Crippen molar-refractivity contribution in [2.75, 3.05) is 11.9 Å². The highest BCUT2D eigenvalue weighted by Crippen LogP contribution is 2.24. The number of hydrogen-bond donors (Lipinski definition) is 2. The highest BCUT2D eigenvalue weighted by Gasteiger charge is 2.15. The van der Waals surface area contributed by atoms with E-state index in [2.05, 4.69) is 30.5 Å². The Balaban J connectivity index is 1.85. The largest absolute Gasteiger partial charge is 0.326 e. The van der Waals surface area contributed by atoms with E-state index < -0.39 is 0 Å². The van der Waals surface area contributed by atoms with E-state index in [0.29, 0.717) is 18.4 Å². The number of carbonyl (C=O) groups is 1. The van der Waals surface area contributed by atoms with Gasteiger partial charge in [-0.25, -0.2) is 0 Å². The first-order chi connectivity index (χ1) is 9.66. The van der Waals surface area contributed by atoms with Crippen LogP contribution in [0, 0.1) is 0 Å². The lowest BCUT2D eigenvalue weighted by Gasteiger charge is -2.23. The van der Waals surface area contributed by atoms with Crippen LogP contribution in [-0.2, 0) is 4.79 Å². The molecule has 110 valence electrons. The summed E-state index contributed by atoms with van der Waals surface area (Å²) in [7, 11) is 0. The number of piperidine rings is 1. The normalized spacial score (nSPS) is 19.1. The van der Waals surface area contributed by atoms with Gasteiger partial charge >= 0.3 is 0 Å². The molecule has 3 nitrogen and oxygen atoms in total. The Morgan fingerprint density at radius 3 is 2.85 bits per heavy atom. The van der Waals surface area contributed by atoms with Crippen LogP contribution in [0.5, 0.6) is 0 Å². The third-order valence-electron chi connectivity index (χ3n) is 3.99. The lowest BCUT2D eigenvalue weighted by atomic mass is 9.99. The smallest absolute Gasteiger partial charge is 0.224 e. The molecule has 0 aliphatic carbocycles. The Bertz CT molecular complexity index is 436. The number of anilines is 1. The summed E-state index contributed by atoms with van der Waals surface area (Å²) in [5, 5.41) is 6.55. The maximum atomic E-state index is 12.1. The summed E-state index contributed by atoms with van der Waals surface area (Å²) in [4.78, 5) is 12.1. The van der Waals surface area contributed by atoms with E-state index in [9.17, 15) is 4.79 Å². The van der Waals surface area contributed by atoms with Crippen LogP contribution in [0.1, 0.15) is 57.4 Å². The van der Waals surface area contributed by atoms with Crippen molar-refractivity contribution in [3.05, 3.63) is 29.8 Å². The molecule has 1 aromatic rings. The molecule has 3 heteroatoms. The van der Waals surface area contributed by atoms with Crippen molar-refractivity contribution >= 4 is 11.6 Å². The van der Waals surface area contributed by atoms with E-state index in [4.69, 9.17) is 0 Å². The number of amides is 1. The van der Waals surface area contributed by atoms with Crippen LogP contribution >= 0.6 is 0 Å². The van der Waals surface area contributed by atoms with Crippen LogP contribution in [0.2, 0.25) is 0 Å². The van der Waals surface area contributed by atoms with Gasteiger partial charge < -0.3 is 10.6 Å². The topological polar surface area (TPSA) is 41.1 Å². The lowest BCUT2D eigenvalue weighted by molar-refractivity contribution is -0.116. The van der Waals surface area contributed by atoms with Gasteiger partial charge in [0.2, 0.25) is 5.91 Å². The molecule has 1 aliphatic heterocycles. The fraction of sp³-hybridized carbons (Fsp3) is 0.588. The molecule has 1 aliphatic rings. The van der Waals surface area contributed by atoms with Crippen molar-refractivity contribution in [3.8, 4) is 0 Å². The average molecular weight is 274 g/mol. The molecular weight excluding hydrogens is 248 g/mol. The van der Waals surface area contributed by atoms with Crippen molar-refractivity contribution in [1.82, 2.24) is 5.32 Å². The van der Waals surface area contributed by atoms with Gasteiger partial charge in [0, 0.05) is 18.2 Å². The summed E-state index contributed by atoms with van der Waals surface area (Å²) in [6, 6.07) is 8.60. The van der Waals surface area contributed by atoms with Crippen LogP contribution in [0.3, 0.4) is 0 Å². The Hall–Kier alpha value is -1.35. The zero-order valence-corrected chi connectivity index (χ0v) is 12.6. The maximum absolute atomic E-state index is 12.1. The van der Waals surface area contributed by atoms with Gasteiger partial charge in [-0.1, -0.05) is 38.5 Å². The van der Waals surface area contributed by atoms with E-state index in [-0.39, 0.29) is 5.91 Å². The molecule has 0 bridgehead atoms. The molecule has 1 heterocycles. The fourth-order valence-electron chi connectivity index (χ4n) is 2.80. The van der Waals surface area contributed by atoms with Crippen LogP contribution in [0.4, 0.5) is 5.69 Å². The number of nitrogens with one attached hydrogen (secondary N) is 2. The minimum absolute atomic E-state index is 0.130. The van der Waals surface area contributed by atoms with Gasteiger partial charge in [-0.15, -0.1) is 0 Å². The molecule has 0 radical (unpaired) electrons. The van der Waals surface area contributed by atoms with E-state index in [1.54, 1.807) is 0 Å². The number of hydrogen-bond acceptors (Lipinski definition) is 2. The van der Waals surface area contributed by atoms with Gasteiger partial charge in [-0.2, -0.15) is 0 Å². The van der Waals surface area contributed by atoms with Gasteiger partial charge in [0.1, 0.15) is 0 Å². The first-order valence-electron chi connectivity index (χ1n) is 7.79. The fourth-order valence-corrected chi connectivity index (χ4v) is 2.80. The second-order valence-corrected chi connectivity index (χ2v) is 5.98. The summed E-state index contributed by atoms with van der Waals surface area (Å²) < 4.78 is 0. The summed E-state index contributed by atoms with van der Waals surface area (Å²) in [6.07, 6.45) is 5.30. The van der Waals surface area contributed by atoms with Crippen LogP contribution in [0.15, 0.2) is 24.3 Å². The molecule has 1 aromatic carbocycles. The van der Waals surface area contributed by atoms with E-state index in [1.165, 1.54) is 24.8 Å². The molecule has 2 rings (SSSR count). The molecule has 0 spiro atoms. The van der Waals surface area contributed by atoms with Crippen LogP contribution < -0.4 is 10.6 Å². The van der Waals surface area contributed by atoms with Crippen LogP contribution in [-0.4, -0.2) is 18.5 Å². The first-order valence-corrected chi connectivity index (χ1v) is 7.79. The lowest BCUT2D eigenvalue weighted by Crippen LogP contribution is -2.34. The molecule has 20 heavy (non-hydrogen) atoms. The molecule has 1 saturated heterocycles. The number of carbonyl (C=O) groups excluding carboxylic acids is 1. The Kier molecular flexibility index (Phi) is 5.60. The second-order valence-electron chi connectivity index (χ2n) is 5.98. The predicted molar refractivity (Wildman–Crippen MR) is 84.0 cm³/mol. The number of rotatable bonds is 5. The zero-order valence-electron chi connectivity index (χ0n) is 12.6. The summed E-state index contributed by atoms with van der Waals surface area (Å²) in [6.45, 7) is 5.40. The highest BCUT2D eigenvalue weighted by molar-refractivity contribution is 5.91. The van der Waals surface area contributed by atoms with E-state index in [0.717, 1.165) is 18.7 Å². The van der Waals surface area contributed by atoms with Crippen molar-refractivity contribution in [2.24, 2.45) is 0 Å². The Morgan fingerprint density at radius 2 is 2.15 bits per heavy atom. The molecule has 1 atom stereocenters. The van der Waals surface area contributed by atoms with Crippen molar-refractivity contribution in [1.29, 1.82) is 0 Å². The maximum Gasteiger partial charge on any atom is 0.224 e. The van der Waals surface area contributed by atoms with E-state index >= 15 is 0 Å². The minimum atomic E-state index is 0.130. The SMILES string of the molecule is CC(C)c1ccccc1NC(=O)CCC1CCCCN1. The minimum Gasteiger partial charge on any atom is -0.326 e. The van der Waals surface area contributed by atoms with Gasteiger partial charge in [0.05, 0.1) is 0 Å². The van der Waals surface area contributed by atoms with Gasteiger partial charge in [0.25, 0.3) is 0 Å². The average Bonchev–Trinajstić information content (AvgIpc) is 2.46. The molecule has 2 N–H and O–H groups in total. The van der Waals surface area contributed by atoms with Crippen molar-refractivity contribution < 1.29 is 4.79 Å². The molecule has 1 unspecified atom stereocenters. The summed E-state index contributed by atoms with van der Waals surface area (Å²) in [5.41, 5.74) is 2.17. The monoisotopic (exact) mass is 274 g/mol. The second kappa shape index (κ2) is 7.44. The Labute approximate surface area is 122 Å². The van der Waals surface area contributed by atoms with Gasteiger partial charge in [0.15, 0.2) is 0 Å². The Morgan fingerprint density at radius 1 is 1.35 bits per heavy atom. The summed E-state index contributed by atoms with van der Waals surface area (Å²) >= 11 is 0. The first kappa shape index (κ1) is 15.0. The quantitative estimate of drug-likeness (QED) is 0.860. The van der Waals surface area contributed by atoms with E-state index in [1.807, 2.05) is 18.2 Å². The van der Waals surface area contributed by atoms with Gasteiger partial charge in [-0.3, -0.25) is 4.79 Å². The third kappa shape index (κ3) is 4.34. The number of para-hydroxylation sites is 1. The highest BCUT2D eigenvalue weighted by atomic mass is 16.1. The zero-order chi connectivity index (χ0) is 14.4. The molecule has 0 saturated carbocycles. The molecule has 1 amide bonds. The standard InChI is InChI=1S/C17H26N2O/c1-13(2)15-8-3-4-9-16(15)19-17(20)11-10-14-7-5-6-12-18-14/h3-4,8-9,13-14,18H,5-7,10-12H2,1-2H3,(H,19,20). The van der Waals surface area contributed by atoms with Crippen molar-refractivity contribution in [2.45, 2.75) is 57.9 Å².